The highest BCUT2D eigenvalue weighted by molar-refractivity contribution is 5.98. The van der Waals surface area contributed by atoms with Crippen molar-refractivity contribution < 1.29 is 14.7 Å². The Morgan fingerprint density at radius 2 is 1.94 bits per heavy atom. The van der Waals surface area contributed by atoms with E-state index in [2.05, 4.69) is 5.32 Å². The normalized spacial score (nSPS) is 10.9. The van der Waals surface area contributed by atoms with Crippen molar-refractivity contribution in [2.45, 2.75) is 19.4 Å². The summed E-state index contributed by atoms with van der Waals surface area (Å²) in [5.41, 5.74) is 10.3. The van der Waals surface area contributed by atoms with Crippen LogP contribution in [0.15, 0.2) is 18.2 Å². The number of carbonyl (C=O) groups is 2. The summed E-state index contributed by atoms with van der Waals surface area (Å²) in [6.07, 6.45) is 0. The molecule has 6 nitrogen and oxygen atoms in total. The molecule has 0 fully saturated rings. The molecule has 6 N–H and O–H groups in total. The Kier molecular flexibility index (Phi) is 3.26. The fraction of sp³-hybridized carbons (Fsp3) is 0.273. The molecule has 0 aromatic heterocycles. The first-order chi connectivity index (χ1) is 7.75. The van der Waals surface area contributed by atoms with Crippen LogP contribution in [0.4, 0.5) is 11.4 Å². The van der Waals surface area contributed by atoms with Crippen molar-refractivity contribution in [3.05, 3.63) is 23.8 Å². The van der Waals surface area contributed by atoms with Crippen molar-refractivity contribution >= 4 is 23.3 Å². The molecule has 0 aliphatic carbocycles. The van der Waals surface area contributed by atoms with Gasteiger partial charge in [-0.1, -0.05) is 6.07 Å². The minimum Gasteiger partial charge on any atom is -0.478 e. The van der Waals surface area contributed by atoms with Crippen LogP contribution in [-0.2, 0) is 4.79 Å². The van der Waals surface area contributed by atoms with E-state index < -0.39 is 17.4 Å². The van der Waals surface area contributed by atoms with Crippen LogP contribution in [0.25, 0.3) is 0 Å². The third-order valence-electron chi connectivity index (χ3n) is 2.40. The topological polar surface area (TPSA) is 118 Å². The number of para-hydroxylation sites is 1. The van der Waals surface area contributed by atoms with Crippen molar-refractivity contribution in [3.8, 4) is 0 Å². The van der Waals surface area contributed by atoms with Gasteiger partial charge in [-0.3, -0.25) is 4.79 Å². The Bertz CT molecular complexity index is 469. The average molecular weight is 237 g/mol. The van der Waals surface area contributed by atoms with Gasteiger partial charge in [0.1, 0.15) is 5.54 Å². The van der Waals surface area contributed by atoms with Crippen LogP contribution in [0.2, 0.25) is 0 Å². The number of carboxylic acids is 1. The highest BCUT2D eigenvalue weighted by Crippen LogP contribution is 2.25. The predicted octanol–water partition coefficient (Wildman–Crippen LogP) is 0.643. The zero-order chi connectivity index (χ0) is 13.2. The summed E-state index contributed by atoms with van der Waals surface area (Å²) in [7, 11) is 0. The quantitative estimate of drug-likeness (QED) is 0.573. The number of benzene rings is 1. The molecule has 1 aromatic rings. The number of carboxylic acid groups (broad SMARTS) is 1. The molecule has 0 heterocycles. The number of carbonyl (C=O) groups excluding carboxylic acids is 1. The van der Waals surface area contributed by atoms with Crippen LogP contribution in [-0.4, -0.2) is 22.5 Å². The number of nitrogens with two attached hydrogens (primary N) is 2. The van der Waals surface area contributed by atoms with Gasteiger partial charge in [0.2, 0.25) is 5.91 Å². The van der Waals surface area contributed by atoms with Crippen molar-refractivity contribution in [2.24, 2.45) is 5.73 Å². The lowest BCUT2D eigenvalue weighted by Gasteiger charge is -2.24. The Hall–Kier alpha value is -2.24. The summed E-state index contributed by atoms with van der Waals surface area (Å²) >= 11 is 0. The zero-order valence-electron chi connectivity index (χ0n) is 9.65. The van der Waals surface area contributed by atoms with Gasteiger partial charge in [-0.15, -0.1) is 0 Å². The molecule has 0 aliphatic rings. The van der Waals surface area contributed by atoms with Gasteiger partial charge in [0.25, 0.3) is 0 Å². The molecule has 92 valence electrons. The molecule has 0 spiro atoms. The molecule has 0 unspecified atom stereocenters. The van der Waals surface area contributed by atoms with E-state index in [0.29, 0.717) is 5.69 Å². The first kappa shape index (κ1) is 12.8. The third kappa shape index (κ3) is 2.66. The first-order valence-corrected chi connectivity index (χ1v) is 4.95. The molecule has 6 heteroatoms. The molecular formula is C11H15N3O3. The van der Waals surface area contributed by atoms with Crippen LogP contribution < -0.4 is 16.8 Å². The molecule has 0 atom stereocenters. The van der Waals surface area contributed by atoms with Crippen LogP contribution in [0.5, 0.6) is 0 Å². The minimum absolute atomic E-state index is 0.0183. The second-order valence-electron chi connectivity index (χ2n) is 4.19. The summed E-state index contributed by atoms with van der Waals surface area (Å²) in [6, 6.07) is 4.52. The fourth-order valence-electron chi connectivity index (χ4n) is 1.26. The molecule has 0 radical (unpaired) electrons. The molecule has 1 rings (SSSR count). The van der Waals surface area contributed by atoms with Crippen LogP contribution in [0, 0.1) is 0 Å². The Morgan fingerprint density at radius 1 is 1.35 bits per heavy atom. The monoisotopic (exact) mass is 237 g/mol. The molecule has 1 aromatic carbocycles. The van der Waals surface area contributed by atoms with Gasteiger partial charge in [0, 0.05) is 0 Å². The molecule has 1 amide bonds. The number of hydrogen-bond donors (Lipinski definition) is 4. The van der Waals surface area contributed by atoms with Gasteiger partial charge in [0.15, 0.2) is 0 Å². The van der Waals surface area contributed by atoms with Gasteiger partial charge >= 0.3 is 5.97 Å². The first-order valence-electron chi connectivity index (χ1n) is 4.95. The number of rotatable bonds is 4. The highest BCUT2D eigenvalue weighted by atomic mass is 16.4. The van der Waals surface area contributed by atoms with E-state index in [1.165, 1.54) is 6.07 Å². The lowest BCUT2D eigenvalue weighted by molar-refractivity contribution is -0.121. The fourth-order valence-corrected chi connectivity index (χ4v) is 1.26. The lowest BCUT2D eigenvalue weighted by atomic mass is 10.0. The van der Waals surface area contributed by atoms with E-state index in [9.17, 15) is 9.59 Å². The van der Waals surface area contributed by atoms with Gasteiger partial charge in [0.05, 0.1) is 16.9 Å². The van der Waals surface area contributed by atoms with E-state index in [1.807, 2.05) is 0 Å². The predicted molar refractivity (Wildman–Crippen MR) is 64.7 cm³/mol. The van der Waals surface area contributed by atoms with E-state index in [0.717, 1.165) is 0 Å². The van der Waals surface area contributed by atoms with Crippen LogP contribution in [0.1, 0.15) is 24.2 Å². The maximum Gasteiger partial charge on any atom is 0.337 e. The molecule has 0 saturated heterocycles. The number of hydrogen-bond acceptors (Lipinski definition) is 4. The van der Waals surface area contributed by atoms with E-state index in [-0.39, 0.29) is 11.3 Å². The average Bonchev–Trinajstić information content (AvgIpc) is 2.20. The molecule has 0 bridgehead atoms. The number of primary amides is 1. The van der Waals surface area contributed by atoms with Gasteiger partial charge in [-0.05, 0) is 26.0 Å². The lowest BCUT2D eigenvalue weighted by Crippen LogP contribution is -2.45. The van der Waals surface area contributed by atoms with Gasteiger partial charge in [-0.2, -0.15) is 0 Å². The maximum absolute atomic E-state index is 11.2. The molecular weight excluding hydrogens is 222 g/mol. The zero-order valence-corrected chi connectivity index (χ0v) is 9.65. The van der Waals surface area contributed by atoms with Crippen molar-refractivity contribution in [1.29, 1.82) is 0 Å². The van der Waals surface area contributed by atoms with E-state index in [4.69, 9.17) is 16.6 Å². The second kappa shape index (κ2) is 4.32. The van der Waals surface area contributed by atoms with E-state index in [1.54, 1.807) is 26.0 Å². The summed E-state index contributed by atoms with van der Waals surface area (Å²) in [4.78, 5) is 22.0. The SMILES string of the molecule is CC(C)(Nc1cccc(C(=O)O)c1N)C(N)=O. The Balaban J connectivity index is 3.13. The van der Waals surface area contributed by atoms with Crippen molar-refractivity contribution in [3.63, 3.8) is 0 Å². The number of anilines is 2. The molecule has 17 heavy (non-hydrogen) atoms. The summed E-state index contributed by atoms with van der Waals surface area (Å²) in [5.74, 6) is -1.68. The van der Waals surface area contributed by atoms with Gasteiger partial charge in [-0.25, -0.2) is 4.79 Å². The summed E-state index contributed by atoms with van der Waals surface area (Å²) in [6.45, 7) is 3.17. The number of amides is 1. The summed E-state index contributed by atoms with van der Waals surface area (Å²) < 4.78 is 0. The van der Waals surface area contributed by atoms with Crippen LogP contribution >= 0.6 is 0 Å². The standard InChI is InChI=1S/C11H15N3O3/c1-11(2,10(13)17)14-7-5-3-4-6(8(7)12)9(15)16/h3-5,14H,12H2,1-2H3,(H2,13,17)(H,15,16). The number of nitrogen functional groups attached to an aromatic ring is 1. The Labute approximate surface area is 98.6 Å². The van der Waals surface area contributed by atoms with E-state index >= 15 is 0 Å². The minimum atomic E-state index is -1.12. The smallest absolute Gasteiger partial charge is 0.337 e. The Morgan fingerprint density at radius 3 is 2.41 bits per heavy atom. The van der Waals surface area contributed by atoms with Crippen molar-refractivity contribution in [1.82, 2.24) is 0 Å². The maximum atomic E-state index is 11.2. The number of nitrogens with one attached hydrogen (secondary N) is 1. The molecule has 0 saturated carbocycles. The molecule has 0 aliphatic heterocycles. The largest absolute Gasteiger partial charge is 0.478 e. The van der Waals surface area contributed by atoms with Crippen LogP contribution in [0.3, 0.4) is 0 Å². The summed E-state index contributed by atoms with van der Waals surface area (Å²) in [5, 5.41) is 11.7. The highest BCUT2D eigenvalue weighted by Gasteiger charge is 2.25. The van der Waals surface area contributed by atoms with Gasteiger partial charge < -0.3 is 21.9 Å². The van der Waals surface area contributed by atoms with Crippen molar-refractivity contribution in [2.75, 3.05) is 11.1 Å². The third-order valence-corrected chi connectivity index (χ3v) is 2.40. The number of aromatic carboxylic acids is 1. The second-order valence-corrected chi connectivity index (χ2v) is 4.19.